The van der Waals surface area contributed by atoms with Crippen molar-refractivity contribution in [1.82, 2.24) is 14.5 Å². The summed E-state index contributed by atoms with van der Waals surface area (Å²) in [5.41, 5.74) is 1.17. The molecule has 1 heterocycles. The van der Waals surface area contributed by atoms with Crippen molar-refractivity contribution in [3.8, 4) is 11.4 Å². The Labute approximate surface area is 174 Å². The number of ether oxygens (including phenoxy) is 1. The van der Waals surface area contributed by atoms with Gasteiger partial charge in [0.15, 0.2) is 0 Å². The van der Waals surface area contributed by atoms with Crippen molar-refractivity contribution in [2.75, 3.05) is 6.61 Å². The molecule has 0 aliphatic rings. The molecule has 0 saturated carbocycles. The largest absolute Gasteiger partial charge is 0.494 e. The van der Waals surface area contributed by atoms with E-state index in [1.54, 1.807) is 24.3 Å². The molecule has 0 bridgehead atoms. The zero-order chi connectivity index (χ0) is 21.7. The summed E-state index contributed by atoms with van der Waals surface area (Å²) in [7, 11) is 0. The van der Waals surface area contributed by atoms with Crippen LogP contribution in [0.1, 0.15) is 31.0 Å². The fraction of sp³-hybridized carbons (Fsp3) is 0.261. The smallest absolute Gasteiger partial charge is 0.320 e. The molecule has 3 rings (SSSR count). The molecule has 30 heavy (non-hydrogen) atoms. The summed E-state index contributed by atoms with van der Waals surface area (Å²) in [6.45, 7) is 6.06. The minimum Gasteiger partial charge on any atom is -0.494 e. The number of amides is 1. The third-order valence-electron chi connectivity index (χ3n) is 4.75. The molecule has 156 valence electrons. The summed E-state index contributed by atoms with van der Waals surface area (Å²) in [5, 5.41) is 2.85. The lowest BCUT2D eigenvalue weighted by Gasteiger charge is -2.15. The van der Waals surface area contributed by atoms with E-state index in [1.165, 1.54) is 17.0 Å². The van der Waals surface area contributed by atoms with Crippen molar-refractivity contribution >= 4 is 5.91 Å². The average Bonchev–Trinajstić information content (AvgIpc) is 2.73. The fourth-order valence-electron chi connectivity index (χ4n) is 3.09. The van der Waals surface area contributed by atoms with Crippen LogP contribution in [0.25, 0.3) is 5.69 Å². The molecule has 0 saturated heterocycles. The van der Waals surface area contributed by atoms with Gasteiger partial charge in [0.2, 0.25) is 5.91 Å². The molecule has 7 nitrogen and oxygen atoms in total. The molecular weight excluding hydrogens is 382 g/mol. The summed E-state index contributed by atoms with van der Waals surface area (Å²) in [4.78, 5) is 37.4. The SMILES string of the molecule is CCOc1ccc(-n2ccn(CC(=O)N[C@H](C)c3ccc(C)cc3)c(=O)c2=O)cc1. The third-order valence-corrected chi connectivity index (χ3v) is 4.75. The van der Waals surface area contributed by atoms with Gasteiger partial charge in [0.25, 0.3) is 0 Å². The lowest BCUT2D eigenvalue weighted by Crippen LogP contribution is -2.42. The first-order valence-electron chi connectivity index (χ1n) is 9.80. The van der Waals surface area contributed by atoms with Gasteiger partial charge < -0.3 is 10.1 Å². The Hall–Kier alpha value is -3.61. The van der Waals surface area contributed by atoms with Gasteiger partial charge in [0.1, 0.15) is 12.3 Å². The van der Waals surface area contributed by atoms with Crippen molar-refractivity contribution in [3.63, 3.8) is 0 Å². The molecule has 0 aliphatic carbocycles. The molecule has 0 unspecified atom stereocenters. The normalized spacial score (nSPS) is 11.7. The number of aryl methyl sites for hydroxylation is 1. The molecule has 7 heteroatoms. The van der Waals surface area contributed by atoms with Crippen LogP contribution in [-0.4, -0.2) is 21.6 Å². The van der Waals surface area contributed by atoms with Gasteiger partial charge in [-0.25, -0.2) is 0 Å². The maximum Gasteiger partial charge on any atom is 0.320 e. The maximum absolute atomic E-state index is 12.5. The van der Waals surface area contributed by atoms with E-state index in [9.17, 15) is 14.4 Å². The number of hydrogen-bond donors (Lipinski definition) is 1. The summed E-state index contributed by atoms with van der Waals surface area (Å²) >= 11 is 0. The van der Waals surface area contributed by atoms with Crippen LogP contribution in [-0.2, 0) is 11.3 Å². The number of nitrogens with zero attached hydrogens (tertiary/aromatic N) is 2. The predicted molar refractivity (Wildman–Crippen MR) is 115 cm³/mol. The highest BCUT2D eigenvalue weighted by molar-refractivity contribution is 5.76. The Morgan fingerprint density at radius 1 is 1.00 bits per heavy atom. The Morgan fingerprint density at radius 2 is 1.67 bits per heavy atom. The molecule has 0 spiro atoms. The molecule has 1 aromatic heterocycles. The Bertz CT molecular complexity index is 1130. The number of aromatic nitrogens is 2. The number of carbonyl (C=O) groups excluding carboxylic acids is 1. The Balaban J connectivity index is 1.73. The number of rotatable bonds is 7. The van der Waals surface area contributed by atoms with Crippen LogP contribution >= 0.6 is 0 Å². The van der Waals surface area contributed by atoms with Crippen LogP contribution in [0.4, 0.5) is 0 Å². The zero-order valence-corrected chi connectivity index (χ0v) is 17.3. The molecule has 0 aliphatic heterocycles. The number of benzene rings is 2. The van der Waals surface area contributed by atoms with E-state index in [0.717, 1.165) is 15.7 Å². The highest BCUT2D eigenvalue weighted by Gasteiger charge is 2.13. The van der Waals surface area contributed by atoms with Crippen molar-refractivity contribution < 1.29 is 9.53 Å². The van der Waals surface area contributed by atoms with Gasteiger partial charge in [0.05, 0.1) is 12.6 Å². The van der Waals surface area contributed by atoms with Crippen LogP contribution in [0.2, 0.25) is 0 Å². The Kier molecular flexibility index (Phi) is 6.51. The summed E-state index contributed by atoms with van der Waals surface area (Å²) in [6.07, 6.45) is 2.92. The second-order valence-electron chi connectivity index (χ2n) is 7.03. The maximum atomic E-state index is 12.5. The molecule has 1 amide bonds. The van der Waals surface area contributed by atoms with Gasteiger partial charge >= 0.3 is 11.1 Å². The summed E-state index contributed by atoms with van der Waals surface area (Å²) in [6, 6.07) is 14.5. The van der Waals surface area contributed by atoms with Crippen molar-refractivity contribution in [2.45, 2.75) is 33.4 Å². The van der Waals surface area contributed by atoms with Gasteiger partial charge in [-0.05, 0) is 50.6 Å². The van der Waals surface area contributed by atoms with E-state index in [4.69, 9.17) is 4.74 Å². The van der Waals surface area contributed by atoms with Crippen molar-refractivity contribution in [2.24, 2.45) is 0 Å². The molecular formula is C23H25N3O4. The van der Waals surface area contributed by atoms with E-state index in [1.807, 2.05) is 45.0 Å². The second kappa shape index (κ2) is 9.26. The molecule has 0 radical (unpaired) electrons. The lowest BCUT2D eigenvalue weighted by atomic mass is 10.1. The lowest BCUT2D eigenvalue weighted by molar-refractivity contribution is -0.122. The summed E-state index contributed by atoms with van der Waals surface area (Å²) in [5.74, 6) is 0.338. The molecule has 0 fully saturated rings. The van der Waals surface area contributed by atoms with Crippen molar-refractivity contribution in [1.29, 1.82) is 0 Å². The van der Waals surface area contributed by atoms with E-state index in [0.29, 0.717) is 18.0 Å². The van der Waals surface area contributed by atoms with Gasteiger partial charge in [-0.2, -0.15) is 0 Å². The van der Waals surface area contributed by atoms with Gasteiger partial charge in [0, 0.05) is 18.1 Å². The number of carbonyl (C=O) groups is 1. The summed E-state index contributed by atoms with van der Waals surface area (Å²) < 4.78 is 7.75. The van der Waals surface area contributed by atoms with E-state index < -0.39 is 11.1 Å². The van der Waals surface area contributed by atoms with Crippen molar-refractivity contribution in [3.05, 3.63) is 92.8 Å². The fourth-order valence-corrected chi connectivity index (χ4v) is 3.09. The van der Waals surface area contributed by atoms with Gasteiger partial charge in [-0.1, -0.05) is 29.8 Å². The average molecular weight is 407 g/mol. The van der Waals surface area contributed by atoms with E-state index >= 15 is 0 Å². The van der Waals surface area contributed by atoms with Gasteiger partial charge in [-0.15, -0.1) is 0 Å². The molecule has 1 atom stereocenters. The standard InChI is InChI=1S/C23H25N3O4/c1-4-30-20-11-9-19(10-12-20)26-14-13-25(22(28)23(26)29)15-21(27)24-17(3)18-7-5-16(2)6-8-18/h5-14,17H,4,15H2,1-3H3,(H,24,27)/t17-/m1/s1. The van der Waals surface area contributed by atoms with Crippen LogP contribution in [0.15, 0.2) is 70.5 Å². The topological polar surface area (TPSA) is 82.3 Å². The Morgan fingerprint density at radius 3 is 2.30 bits per heavy atom. The molecule has 3 aromatic rings. The minimum atomic E-state index is -0.760. The second-order valence-corrected chi connectivity index (χ2v) is 7.03. The first kappa shape index (κ1) is 21.1. The van der Waals surface area contributed by atoms with E-state index in [2.05, 4.69) is 5.32 Å². The number of nitrogens with one attached hydrogen (secondary N) is 1. The highest BCUT2D eigenvalue weighted by Crippen LogP contribution is 2.14. The first-order chi connectivity index (χ1) is 14.4. The van der Waals surface area contributed by atoms with Gasteiger partial charge in [-0.3, -0.25) is 23.5 Å². The van der Waals surface area contributed by atoms with E-state index in [-0.39, 0.29) is 18.5 Å². The number of hydrogen-bond acceptors (Lipinski definition) is 4. The van der Waals surface area contributed by atoms with Crippen LogP contribution in [0.5, 0.6) is 5.75 Å². The third kappa shape index (κ3) is 4.86. The van der Waals surface area contributed by atoms with Crippen LogP contribution < -0.4 is 21.2 Å². The van der Waals surface area contributed by atoms with Crippen LogP contribution in [0, 0.1) is 6.92 Å². The minimum absolute atomic E-state index is 0.210. The van der Waals surface area contributed by atoms with Crippen LogP contribution in [0.3, 0.4) is 0 Å². The monoisotopic (exact) mass is 407 g/mol. The quantitative estimate of drug-likeness (QED) is 0.611. The predicted octanol–water partition coefficient (Wildman–Crippen LogP) is 2.58. The first-order valence-corrected chi connectivity index (χ1v) is 9.80. The zero-order valence-electron chi connectivity index (χ0n) is 17.3. The highest BCUT2D eigenvalue weighted by atomic mass is 16.5. The molecule has 1 N–H and O–H groups in total. The molecule has 2 aromatic carbocycles.